The van der Waals surface area contributed by atoms with Crippen LogP contribution in [0.5, 0.6) is 0 Å². The van der Waals surface area contributed by atoms with Gasteiger partial charge in [-0.05, 0) is 54.7 Å². The van der Waals surface area contributed by atoms with Gasteiger partial charge < -0.3 is 17.2 Å². The van der Waals surface area contributed by atoms with Gasteiger partial charge in [0.15, 0.2) is 0 Å². The molecule has 0 unspecified atom stereocenters. The van der Waals surface area contributed by atoms with Crippen LogP contribution in [0.25, 0.3) is 0 Å². The fourth-order valence-electron chi connectivity index (χ4n) is 3.71. The minimum atomic E-state index is -0.875. The predicted molar refractivity (Wildman–Crippen MR) is 114 cm³/mol. The first-order chi connectivity index (χ1) is 11.9. The van der Waals surface area contributed by atoms with Crippen molar-refractivity contribution in [2.45, 2.75) is 26.3 Å². The Bertz CT molecular complexity index is 889. The Morgan fingerprint density at radius 2 is 1.12 bits per heavy atom. The monoisotopic (exact) mass is 367 g/mol. The maximum absolute atomic E-state index is 7.20. The van der Waals surface area contributed by atoms with Crippen LogP contribution in [0.4, 0.5) is 11.4 Å². The van der Waals surface area contributed by atoms with E-state index in [1.54, 1.807) is 0 Å². The highest BCUT2D eigenvalue weighted by Gasteiger charge is 2.37. The number of nitrogens with two attached hydrogens (primary N) is 3. The molecule has 3 aromatic carbocycles. The molecule has 0 fully saturated rings. The third kappa shape index (κ3) is 3.05. The SMILES string of the molecule is Cc1ccccc1C(N)(c1ccccc1C)c1c(C)ccc(N)c1N.Cl. The Kier molecular flexibility index (Phi) is 5.65. The summed E-state index contributed by atoms with van der Waals surface area (Å²) in [6.07, 6.45) is 0. The zero-order valence-corrected chi connectivity index (χ0v) is 16.2. The van der Waals surface area contributed by atoms with Gasteiger partial charge in [0.1, 0.15) is 0 Å². The lowest BCUT2D eigenvalue weighted by Gasteiger charge is -2.36. The summed E-state index contributed by atoms with van der Waals surface area (Å²) < 4.78 is 0. The topological polar surface area (TPSA) is 78.1 Å². The first kappa shape index (κ1) is 19.8. The molecule has 3 nitrogen and oxygen atoms in total. The number of hydrogen-bond donors (Lipinski definition) is 3. The van der Waals surface area contributed by atoms with Gasteiger partial charge in [-0.25, -0.2) is 0 Å². The van der Waals surface area contributed by atoms with Gasteiger partial charge in [-0.15, -0.1) is 12.4 Å². The van der Waals surface area contributed by atoms with Gasteiger partial charge >= 0.3 is 0 Å². The van der Waals surface area contributed by atoms with E-state index in [1.807, 2.05) is 43.3 Å². The van der Waals surface area contributed by atoms with Crippen molar-refractivity contribution in [1.29, 1.82) is 0 Å². The van der Waals surface area contributed by atoms with Crippen molar-refractivity contribution in [3.8, 4) is 0 Å². The Labute approximate surface area is 161 Å². The zero-order valence-electron chi connectivity index (χ0n) is 15.4. The summed E-state index contributed by atoms with van der Waals surface area (Å²) in [6.45, 7) is 6.18. The molecule has 0 aromatic heterocycles. The molecule has 0 aliphatic rings. The summed E-state index contributed by atoms with van der Waals surface area (Å²) in [5.41, 5.74) is 26.2. The molecule has 136 valence electrons. The van der Waals surface area contributed by atoms with Crippen LogP contribution in [0.15, 0.2) is 60.7 Å². The van der Waals surface area contributed by atoms with Gasteiger partial charge in [-0.1, -0.05) is 54.6 Å². The lowest BCUT2D eigenvalue weighted by Crippen LogP contribution is -2.42. The van der Waals surface area contributed by atoms with Crippen molar-refractivity contribution >= 4 is 23.8 Å². The molecule has 0 saturated carbocycles. The summed E-state index contributed by atoms with van der Waals surface area (Å²) in [5, 5.41) is 0. The van der Waals surface area contributed by atoms with Gasteiger partial charge in [0.05, 0.1) is 16.9 Å². The zero-order chi connectivity index (χ0) is 18.2. The number of anilines is 2. The summed E-state index contributed by atoms with van der Waals surface area (Å²) in [7, 11) is 0. The number of nitrogen functional groups attached to an aromatic ring is 2. The van der Waals surface area contributed by atoms with Crippen LogP contribution in [0.1, 0.15) is 33.4 Å². The van der Waals surface area contributed by atoms with E-state index in [2.05, 4.69) is 38.1 Å². The van der Waals surface area contributed by atoms with Gasteiger partial charge in [0.25, 0.3) is 0 Å². The number of benzene rings is 3. The van der Waals surface area contributed by atoms with E-state index in [4.69, 9.17) is 17.2 Å². The van der Waals surface area contributed by atoms with E-state index in [0.717, 1.165) is 33.4 Å². The second-order valence-electron chi connectivity index (χ2n) is 6.70. The maximum Gasteiger partial charge on any atom is 0.0951 e. The fourth-order valence-corrected chi connectivity index (χ4v) is 3.71. The highest BCUT2D eigenvalue weighted by molar-refractivity contribution is 5.85. The number of halogens is 1. The van der Waals surface area contributed by atoms with Crippen LogP contribution >= 0.6 is 12.4 Å². The summed E-state index contributed by atoms with van der Waals surface area (Å²) in [6, 6.07) is 20.2. The van der Waals surface area contributed by atoms with Crippen LogP contribution < -0.4 is 17.2 Å². The average Bonchev–Trinajstić information content (AvgIpc) is 2.59. The summed E-state index contributed by atoms with van der Waals surface area (Å²) in [4.78, 5) is 0. The third-order valence-corrected chi connectivity index (χ3v) is 5.02. The van der Waals surface area contributed by atoms with Crippen molar-refractivity contribution in [2.75, 3.05) is 11.5 Å². The standard InChI is InChI=1S/C22H25N3.ClH/c1-14-8-4-6-10-17(14)22(25,18-11-7-5-9-15(18)2)20-16(3)12-13-19(23)21(20)24;/h4-13H,23-25H2,1-3H3;1H. The van der Waals surface area contributed by atoms with E-state index in [9.17, 15) is 0 Å². The molecule has 0 spiro atoms. The van der Waals surface area contributed by atoms with Gasteiger partial charge in [0.2, 0.25) is 0 Å². The second kappa shape index (κ2) is 7.40. The molecule has 3 rings (SSSR count). The van der Waals surface area contributed by atoms with Gasteiger partial charge in [-0.3, -0.25) is 0 Å². The molecular weight excluding hydrogens is 342 g/mol. The number of aryl methyl sites for hydroxylation is 3. The molecular formula is C22H26ClN3. The lowest BCUT2D eigenvalue weighted by atomic mass is 9.72. The first-order valence-corrected chi connectivity index (χ1v) is 8.43. The van der Waals surface area contributed by atoms with Gasteiger partial charge in [0, 0.05) is 5.56 Å². The lowest BCUT2D eigenvalue weighted by molar-refractivity contribution is 0.641. The minimum Gasteiger partial charge on any atom is -0.397 e. The molecule has 0 radical (unpaired) electrons. The van der Waals surface area contributed by atoms with Crippen molar-refractivity contribution < 1.29 is 0 Å². The molecule has 0 saturated heterocycles. The largest absolute Gasteiger partial charge is 0.397 e. The molecule has 3 aromatic rings. The summed E-state index contributed by atoms with van der Waals surface area (Å²) >= 11 is 0. The minimum absolute atomic E-state index is 0. The van der Waals surface area contributed by atoms with Crippen molar-refractivity contribution in [1.82, 2.24) is 0 Å². The Morgan fingerprint density at radius 3 is 1.58 bits per heavy atom. The highest BCUT2D eigenvalue weighted by atomic mass is 35.5. The number of hydrogen-bond acceptors (Lipinski definition) is 3. The third-order valence-electron chi connectivity index (χ3n) is 5.02. The van der Waals surface area contributed by atoms with Crippen molar-refractivity contribution in [2.24, 2.45) is 5.73 Å². The fraction of sp³-hybridized carbons (Fsp3) is 0.182. The van der Waals surface area contributed by atoms with Gasteiger partial charge in [-0.2, -0.15) is 0 Å². The van der Waals surface area contributed by atoms with Crippen LogP contribution in [-0.4, -0.2) is 0 Å². The molecule has 4 heteroatoms. The molecule has 0 atom stereocenters. The van der Waals surface area contributed by atoms with Crippen LogP contribution in [-0.2, 0) is 5.54 Å². The quantitative estimate of drug-likeness (QED) is 0.472. The smallest absolute Gasteiger partial charge is 0.0951 e. The van der Waals surface area contributed by atoms with E-state index < -0.39 is 5.54 Å². The predicted octanol–water partition coefficient (Wildman–Crippen LogP) is 4.45. The highest BCUT2D eigenvalue weighted by Crippen LogP contribution is 2.43. The second-order valence-corrected chi connectivity index (χ2v) is 6.70. The van der Waals surface area contributed by atoms with E-state index in [-0.39, 0.29) is 12.4 Å². The molecule has 0 bridgehead atoms. The first-order valence-electron chi connectivity index (χ1n) is 8.43. The van der Waals surface area contributed by atoms with E-state index in [0.29, 0.717) is 11.4 Å². The van der Waals surface area contributed by atoms with Crippen molar-refractivity contribution in [3.05, 3.63) is 94.0 Å². The molecule has 0 aliphatic heterocycles. The normalized spacial score (nSPS) is 11.1. The molecule has 0 amide bonds. The molecule has 26 heavy (non-hydrogen) atoms. The summed E-state index contributed by atoms with van der Waals surface area (Å²) in [5.74, 6) is 0. The average molecular weight is 368 g/mol. The van der Waals surface area contributed by atoms with Crippen LogP contribution in [0.2, 0.25) is 0 Å². The Hall–Kier alpha value is -2.49. The molecule has 0 aliphatic carbocycles. The number of rotatable bonds is 3. The van der Waals surface area contributed by atoms with Crippen LogP contribution in [0.3, 0.4) is 0 Å². The van der Waals surface area contributed by atoms with E-state index in [1.165, 1.54) is 0 Å². The maximum atomic E-state index is 7.20. The van der Waals surface area contributed by atoms with Crippen LogP contribution in [0, 0.1) is 20.8 Å². The Balaban J connectivity index is 0.00000243. The molecule has 0 heterocycles. The molecule has 6 N–H and O–H groups in total. The van der Waals surface area contributed by atoms with E-state index >= 15 is 0 Å². The van der Waals surface area contributed by atoms with Crippen molar-refractivity contribution in [3.63, 3.8) is 0 Å². The Morgan fingerprint density at radius 1 is 0.654 bits per heavy atom.